The van der Waals surface area contributed by atoms with E-state index in [-0.39, 0.29) is 5.78 Å². The van der Waals surface area contributed by atoms with Crippen LogP contribution >= 0.6 is 0 Å². The van der Waals surface area contributed by atoms with Gasteiger partial charge in [0.1, 0.15) is 5.78 Å². The van der Waals surface area contributed by atoms with E-state index in [9.17, 15) is 4.79 Å². The highest BCUT2D eigenvalue weighted by Gasteiger charge is 2.27. The molecule has 0 saturated carbocycles. The Morgan fingerprint density at radius 2 is 1.93 bits per heavy atom. The van der Waals surface area contributed by atoms with Gasteiger partial charge in [-0.15, -0.1) is 0 Å². The molecule has 14 heavy (non-hydrogen) atoms. The number of carbonyl (C=O) groups excluding carboxylic acids is 1. The van der Waals surface area contributed by atoms with Crippen molar-refractivity contribution in [1.82, 2.24) is 0 Å². The Hall–Kier alpha value is -1.15. The van der Waals surface area contributed by atoms with Crippen LogP contribution < -0.4 is 0 Å². The summed E-state index contributed by atoms with van der Waals surface area (Å²) in [6, 6.07) is 9.81. The van der Waals surface area contributed by atoms with Gasteiger partial charge in [0.05, 0.1) is 5.60 Å². The van der Waals surface area contributed by atoms with Crippen molar-refractivity contribution in [3.05, 3.63) is 35.9 Å². The van der Waals surface area contributed by atoms with Crippen LogP contribution in [0, 0.1) is 0 Å². The Labute approximate surface area is 84.9 Å². The first-order valence-corrected chi connectivity index (χ1v) is 4.68. The molecule has 76 valence electrons. The lowest BCUT2D eigenvalue weighted by atomic mass is 9.91. The molecule has 0 N–H and O–H groups in total. The molecule has 0 aromatic heterocycles. The monoisotopic (exact) mass is 192 g/mol. The predicted octanol–water partition coefficient (Wildman–Crippen LogP) is 2.53. The van der Waals surface area contributed by atoms with Crippen molar-refractivity contribution >= 4 is 5.78 Å². The van der Waals surface area contributed by atoms with Gasteiger partial charge in [0.2, 0.25) is 0 Å². The fourth-order valence-electron chi connectivity index (χ4n) is 1.56. The van der Waals surface area contributed by atoms with Gasteiger partial charge >= 0.3 is 0 Å². The fourth-order valence-corrected chi connectivity index (χ4v) is 1.56. The standard InChI is InChI=1S/C12H16O2/c1-10(13)9-12(2,14-3)11-7-5-4-6-8-11/h4-8H,9H2,1-3H3. The summed E-state index contributed by atoms with van der Waals surface area (Å²) in [6.45, 7) is 3.52. The number of benzene rings is 1. The zero-order chi connectivity index (χ0) is 10.6. The van der Waals surface area contributed by atoms with E-state index in [1.54, 1.807) is 14.0 Å². The van der Waals surface area contributed by atoms with Crippen LogP contribution in [0.3, 0.4) is 0 Å². The van der Waals surface area contributed by atoms with E-state index in [0.29, 0.717) is 6.42 Å². The molecule has 2 heteroatoms. The van der Waals surface area contributed by atoms with Gasteiger partial charge in [-0.25, -0.2) is 0 Å². The number of hydrogen-bond donors (Lipinski definition) is 0. The number of ether oxygens (including phenoxy) is 1. The molecule has 0 aliphatic carbocycles. The first-order valence-electron chi connectivity index (χ1n) is 4.68. The van der Waals surface area contributed by atoms with E-state index < -0.39 is 5.60 Å². The summed E-state index contributed by atoms with van der Waals surface area (Å²) in [7, 11) is 1.63. The topological polar surface area (TPSA) is 26.3 Å². The summed E-state index contributed by atoms with van der Waals surface area (Å²) in [5, 5.41) is 0. The number of rotatable bonds is 4. The molecule has 1 aromatic carbocycles. The van der Waals surface area contributed by atoms with Crippen molar-refractivity contribution in [1.29, 1.82) is 0 Å². The van der Waals surface area contributed by atoms with Crippen molar-refractivity contribution < 1.29 is 9.53 Å². The fraction of sp³-hybridized carbons (Fsp3) is 0.417. The Kier molecular flexibility index (Phi) is 3.42. The first-order chi connectivity index (χ1) is 6.58. The molecule has 0 heterocycles. The summed E-state index contributed by atoms with van der Waals surface area (Å²) < 4.78 is 5.41. The summed E-state index contributed by atoms with van der Waals surface area (Å²) in [4.78, 5) is 11.1. The molecule has 1 aromatic rings. The Morgan fingerprint density at radius 1 is 1.36 bits per heavy atom. The van der Waals surface area contributed by atoms with E-state index in [2.05, 4.69) is 0 Å². The molecule has 0 bridgehead atoms. The smallest absolute Gasteiger partial charge is 0.133 e. The van der Waals surface area contributed by atoms with Crippen molar-refractivity contribution in [2.75, 3.05) is 7.11 Å². The number of carbonyl (C=O) groups is 1. The first kappa shape index (κ1) is 10.9. The number of hydrogen-bond acceptors (Lipinski definition) is 2. The number of methoxy groups -OCH3 is 1. The minimum Gasteiger partial charge on any atom is -0.373 e. The molecule has 0 radical (unpaired) electrons. The minimum atomic E-state index is -0.493. The third-order valence-corrected chi connectivity index (χ3v) is 2.42. The number of ketones is 1. The largest absolute Gasteiger partial charge is 0.373 e. The quantitative estimate of drug-likeness (QED) is 0.732. The average Bonchev–Trinajstić information content (AvgIpc) is 2.18. The average molecular weight is 192 g/mol. The highest BCUT2D eigenvalue weighted by atomic mass is 16.5. The molecule has 1 rings (SSSR count). The molecule has 0 spiro atoms. The second-order valence-corrected chi connectivity index (χ2v) is 3.68. The van der Waals surface area contributed by atoms with Gasteiger partial charge < -0.3 is 4.74 Å². The van der Waals surface area contributed by atoms with Crippen LogP contribution in [0.15, 0.2) is 30.3 Å². The normalized spacial score (nSPS) is 14.8. The highest BCUT2D eigenvalue weighted by Crippen LogP contribution is 2.28. The lowest BCUT2D eigenvalue weighted by Crippen LogP contribution is -2.26. The third-order valence-electron chi connectivity index (χ3n) is 2.42. The zero-order valence-corrected chi connectivity index (χ0v) is 8.91. The van der Waals surface area contributed by atoms with Crippen molar-refractivity contribution in [3.8, 4) is 0 Å². The zero-order valence-electron chi connectivity index (χ0n) is 8.91. The van der Waals surface area contributed by atoms with Gasteiger partial charge in [-0.3, -0.25) is 4.79 Å². The van der Waals surface area contributed by atoms with E-state index >= 15 is 0 Å². The maximum absolute atomic E-state index is 11.1. The molecular formula is C12H16O2. The van der Waals surface area contributed by atoms with Gasteiger partial charge in [-0.05, 0) is 19.4 Å². The minimum absolute atomic E-state index is 0.137. The van der Waals surface area contributed by atoms with Crippen LogP contribution in [0.5, 0.6) is 0 Å². The summed E-state index contributed by atoms with van der Waals surface area (Å²) in [5.41, 5.74) is 0.547. The van der Waals surface area contributed by atoms with Crippen LogP contribution in [0.2, 0.25) is 0 Å². The molecule has 1 atom stereocenters. The molecule has 0 aliphatic rings. The summed E-state index contributed by atoms with van der Waals surface area (Å²) in [5.74, 6) is 0.137. The summed E-state index contributed by atoms with van der Waals surface area (Å²) in [6.07, 6.45) is 0.410. The Balaban J connectivity index is 2.95. The lowest BCUT2D eigenvalue weighted by Gasteiger charge is -2.27. The molecule has 2 nitrogen and oxygen atoms in total. The third kappa shape index (κ3) is 2.42. The Bertz CT molecular complexity index is 305. The van der Waals surface area contributed by atoms with Gasteiger partial charge in [0.25, 0.3) is 0 Å². The maximum Gasteiger partial charge on any atom is 0.133 e. The molecular weight excluding hydrogens is 176 g/mol. The van der Waals surface area contributed by atoms with E-state index in [4.69, 9.17) is 4.74 Å². The van der Waals surface area contributed by atoms with E-state index in [1.165, 1.54) is 0 Å². The molecule has 0 saturated heterocycles. The SMILES string of the molecule is COC(C)(CC(C)=O)c1ccccc1. The van der Waals surface area contributed by atoms with Gasteiger partial charge in [-0.2, -0.15) is 0 Å². The van der Waals surface area contributed by atoms with Gasteiger partial charge in [0, 0.05) is 13.5 Å². The van der Waals surface area contributed by atoms with Crippen molar-refractivity contribution in [2.24, 2.45) is 0 Å². The van der Waals surface area contributed by atoms with Crippen LogP contribution in [-0.4, -0.2) is 12.9 Å². The molecule has 0 amide bonds. The molecule has 1 unspecified atom stereocenters. The predicted molar refractivity (Wildman–Crippen MR) is 56.1 cm³/mol. The van der Waals surface area contributed by atoms with Gasteiger partial charge in [-0.1, -0.05) is 30.3 Å². The van der Waals surface area contributed by atoms with Crippen molar-refractivity contribution in [2.45, 2.75) is 25.9 Å². The molecule has 0 fully saturated rings. The Morgan fingerprint density at radius 3 is 2.36 bits per heavy atom. The number of Topliss-reactive ketones (excluding diaryl/α,β-unsaturated/α-hetero) is 1. The van der Waals surface area contributed by atoms with Crippen LogP contribution in [0.4, 0.5) is 0 Å². The second kappa shape index (κ2) is 4.38. The maximum atomic E-state index is 11.1. The van der Waals surface area contributed by atoms with E-state index in [0.717, 1.165) is 5.56 Å². The molecule has 0 aliphatic heterocycles. The van der Waals surface area contributed by atoms with Gasteiger partial charge in [0.15, 0.2) is 0 Å². The lowest BCUT2D eigenvalue weighted by molar-refractivity contribution is -0.123. The highest BCUT2D eigenvalue weighted by molar-refractivity contribution is 5.76. The van der Waals surface area contributed by atoms with Crippen LogP contribution in [0.25, 0.3) is 0 Å². The van der Waals surface area contributed by atoms with Crippen LogP contribution in [0.1, 0.15) is 25.8 Å². The van der Waals surface area contributed by atoms with Crippen molar-refractivity contribution in [3.63, 3.8) is 0 Å². The van der Waals surface area contributed by atoms with Crippen LogP contribution in [-0.2, 0) is 15.1 Å². The summed E-state index contributed by atoms with van der Waals surface area (Å²) >= 11 is 0. The van der Waals surface area contributed by atoms with E-state index in [1.807, 2.05) is 37.3 Å². The second-order valence-electron chi connectivity index (χ2n) is 3.68.